The van der Waals surface area contributed by atoms with Crippen molar-refractivity contribution in [3.63, 3.8) is 0 Å². The van der Waals surface area contributed by atoms with Gasteiger partial charge in [-0.3, -0.25) is 9.59 Å². The van der Waals surface area contributed by atoms with Gasteiger partial charge in [-0.05, 0) is 38.5 Å². The van der Waals surface area contributed by atoms with Gasteiger partial charge in [0.05, 0.1) is 17.4 Å². The highest BCUT2D eigenvalue weighted by Crippen LogP contribution is 2.25. The van der Waals surface area contributed by atoms with E-state index in [1.807, 2.05) is 26.0 Å². The van der Waals surface area contributed by atoms with E-state index >= 15 is 0 Å². The first kappa shape index (κ1) is 17.1. The number of amides is 1. The maximum Gasteiger partial charge on any atom is 0.311 e. The molecule has 6 heteroatoms. The van der Waals surface area contributed by atoms with Crippen molar-refractivity contribution in [3.8, 4) is 0 Å². The minimum Gasteiger partial charge on any atom is -0.481 e. The van der Waals surface area contributed by atoms with E-state index in [1.165, 1.54) is 6.26 Å². The van der Waals surface area contributed by atoms with Crippen LogP contribution in [-0.2, 0) is 16.8 Å². The van der Waals surface area contributed by atoms with Gasteiger partial charge in [0.15, 0.2) is 0 Å². The molecule has 0 saturated carbocycles. The van der Waals surface area contributed by atoms with Gasteiger partial charge in [0, 0.05) is 10.6 Å². The van der Waals surface area contributed by atoms with E-state index in [0.29, 0.717) is 10.6 Å². The predicted molar refractivity (Wildman–Crippen MR) is 86.7 cm³/mol. The molecule has 1 amide bonds. The molecule has 0 aliphatic carbocycles. The molecule has 2 rings (SSSR count). The fourth-order valence-electron chi connectivity index (χ4n) is 2.37. The highest BCUT2D eigenvalue weighted by molar-refractivity contribution is 6.30. The number of carbonyl (C=O) groups excluding carboxylic acids is 1. The number of aryl methyl sites for hydroxylation is 1. The van der Waals surface area contributed by atoms with Gasteiger partial charge in [-0.15, -0.1) is 0 Å². The Balaban J connectivity index is 2.28. The monoisotopic (exact) mass is 335 g/mol. The molecule has 0 spiro atoms. The van der Waals surface area contributed by atoms with Crippen LogP contribution in [0.3, 0.4) is 0 Å². The maximum atomic E-state index is 12.6. The number of benzene rings is 1. The van der Waals surface area contributed by atoms with Crippen LogP contribution in [0.1, 0.15) is 41.1 Å². The van der Waals surface area contributed by atoms with Crippen LogP contribution in [0.15, 0.2) is 34.9 Å². The van der Waals surface area contributed by atoms with Gasteiger partial charge in [0.2, 0.25) is 0 Å². The van der Waals surface area contributed by atoms with Crippen LogP contribution in [0, 0.1) is 6.92 Å². The minimum atomic E-state index is -1.05. The fraction of sp³-hybridized carbons (Fsp3) is 0.294. The summed E-state index contributed by atoms with van der Waals surface area (Å²) in [4.78, 5) is 23.5. The number of carboxylic acid groups (broad SMARTS) is 1. The van der Waals surface area contributed by atoms with Gasteiger partial charge in [0.1, 0.15) is 12.2 Å². The molecule has 0 bridgehead atoms. The number of nitrogens with one attached hydrogen (secondary N) is 1. The standard InChI is InChI=1S/C17H18ClNO4/c1-10-9-23-13(8-14(20)21)15(10)16(22)19-17(2,3)11-5-4-6-12(18)7-11/h4-7,9H,8H2,1-3H3,(H,19,22)(H,20,21). The van der Waals surface area contributed by atoms with Crippen molar-refractivity contribution in [1.82, 2.24) is 5.32 Å². The van der Waals surface area contributed by atoms with Crippen LogP contribution < -0.4 is 5.32 Å². The SMILES string of the molecule is Cc1coc(CC(=O)O)c1C(=O)NC(C)(C)c1cccc(Cl)c1. The third kappa shape index (κ3) is 3.93. The number of halogens is 1. The number of furan rings is 1. The van der Waals surface area contributed by atoms with Crippen molar-refractivity contribution in [1.29, 1.82) is 0 Å². The second-order valence-electron chi connectivity index (χ2n) is 5.88. The molecule has 2 N–H and O–H groups in total. The van der Waals surface area contributed by atoms with Crippen molar-refractivity contribution >= 4 is 23.5 Å². The van der Waals surface area contributed by atoms with Gasteiger partial charge < -0.3 is 14.8 Å². The lowest BCUT2D eigenvalue weighted by atomic mass is 9.93. The Labute approximate surface area is 139 Å². The van der Waals surface area contributed by atoms with E-state index in [0.717, 1.165) is 5.56 Å². The third-order valence-electron chi connectivity index (χ3n) is 3.56. The normalized spacial score (nSPS) is 11.3. The van der Waals surface area contributed by atoms with Crippen LogP contribution in [-0.4, -0.2) is 17.0 Å². The Morgan fingerprint density at radius 2 is 2.04 bits per heavy atom. The van der Waals surface area contributed by atoms with E-state index in [9.17, 15) is 9.59 Å². The quantitative estimate of drug-likeness (QED) is 0.876. The molecule has 0 radical (unpaired) electrons. The largest absolute Gasteiger partial charge is 0.481 e. The van der Waals surface area contributed by atoms with Crippen LogP contribution in [0.25, 0.3) is 0 Å². The zero-order valence-electron chi connectivity index (χ0n) is 13.1. The smallest absolute Gasteiger partial charge is 0.311 e. The molecule has 0 aliphatic heterocycles. The first-order chi connectivity index (χ1) is 10.7. The van der Waals surface area contributed by atoms with Crippen molar-refractivity contribution in [2.75, 3.05) is 0 Å². The topological polar surface area (TPSA) is 79.5 Å². The molecular weight excluding hydrogens is 318 g/mol. The second kappa shape index (κ2) is 6.46. The number of hydrogen-bond acceptors (Lipinski definition) is 3. The molecule has 5 nitrogen and oxygen atoms in total. The molecule has 122 valence electrons. The van der Waals surface area contributed by atoms with E-state index in [-0.39, 0.29) is 23.7 Å². The van der Waals surface area contributed by atoms with Crippen LogP contribution in [0.5, 0.6) is 0 Å². The lowest BCUT2D eigenvalue weighted by molar-refractivity contribution is -0.136. The molecule has 0 saturated heterocycles. The summed E-state index contributed by atoms with van der Waals surface area (Å²) < 4.78 is 5.20. The zero-order chi connectivity index (χ0) is 17.2. The molecular formula is C17H18ClNO4. The lowest BCUT2D eigenvalue weighted by Crippen LogP contribution is -2.41. The van der Waals surface area contributed by atoms with Crippen molar-refractivity contribution < 1.29 is 19.1 Å². The summed E-state index contributed by atoms with van der Waals surface area (Å²) in [6.45, 7) is 5.40. The fourth-order valence-corrected chi connectivity index (χ4v) is 2.56. The van der Waals surface area contributed by atoms with E-state index in [4.69, 9.17) is 21.1 Å². The number of rotatable bonds is 5. The lowest BCUT2D eigenvalue weighted by Gasteiger charge is -2.27. The molecule has 0 fully saturated rings. The Hall–Kier alpha value is -2.27. The minimum absolute atomic E-state index is 0.148. The van der Waals surface area contributed by atoms with Crippen LogP contribution >= 0.6 is 11.6 Å². The molecule has 2 aromatic rings. The third-order valence-corrected chi connectivity index (χ3v) is 3.80. The molecule has 0 atom stereocenters. The summed E-state index contributed by atoms with van der Waals surface area (Å²) in [5, 5.41) is 12.4. The number of aliphatic carboxylic acids is 1. The predicted octanol–water partition coefficient (Wildman–Crippen LogP) is 3.53. The van der Waals surface area contributed by atoms with E-state index in [2.05, 4.69) is 5.32 Å². The molecule has 0 unspecified atom stereocenters. The maximum absolute atomic E-state index is 12.6. The molecule has 1 heterocycles. The number of carboxylic acids is 1. The zero-order valence-corrected chi connectivity index (χ0v) is 13.9. The molecule has 23 heavy (non-hydrogen) atoms. The summed E-state index contributed by atoms with van der Waals surface area (Å²) in [7, 11) is 0. The van der Waals surface area contributed by atoms with Crippen molar-refractivity contribution in [2.24, 2.45) is 0 Å². The van der Waals surface area contributed by atoms with E-state index in [1.54, 1.807) is 19.1 Å². The summed E-state index contributed by atoms with van der Waals surface area (Å²) >= 11 is 6.00. The average molecular weight is 336 g/mol. The first-order valence-corrected chi connectivity index (χ1v) is 7.46. The highest BCUT2D eigenvalue weighted by Gasteiger charge is 2.27. The number of carbonyl (C=O) groups is 2. The summed E-state index contributed by atoms with van der Waals surface area (Å²) in [5.41, 5.74) is 1.04. The Kier molecular flexibility index (Phi) is 4.80. The van der Waals surface area contributed by atoms with Crippen LogP contribution in [0.4, 0.5) is 0 Å². The van der Waals surface area contributed by atoms with Gasteiger partial charge in [-0.2, -0.15) is 0 Å². The van der Waals surface area contributed by atoms with Crippen molar-refractivity contribution in [3.05, 3.63) is 58.0 Å². The average Bonchev–Trinajstić information content (AvgIpc) is 2.78. The molecule has 1 aromatic heterocycles. The van der Waals surface area contributed by atoms with Crippen molar-refractivity contribution in [2.45, 2.75) is 32.7 Å². The molecule has 0 aliphatic rings. The Bertz CT molecular complexity index is 749. The van der Waals surface area contributed by atoms with Gasteiger partial charge >= 0.3 is 5.97 Å². The first-order valence-electron chi connectivity index (χ1n) is 7.08. The van der Waals surface area contributed by atoms with Gasteiger partial charge in [0.25, 0.3) is 5.91 Å². The highest BCUT2D eigenvalue weighted by atomic mass is 35.5. The van der Waals surface area contributed by atoms with Gasteiger partial charge in [-0.1, -0.05) is 23.7 Å². The van der Waals surface area contributed by atoms with Gasteiger partial charge in [-0.25, -0.2) is 0 Å². The molecule has 1 aromatic carbocycles. The van der Waals surface area contributed by atoms with E-state index < -0.39 is 11.5 Å². The second-order valence-corrected chi connectivity index (χ2v) is 6.31. The Morgan fingerprint density at radius 3 is 2.65 bits per heavy atom. The Morgan fingerprint density at radius 1 is 1.35 bits per heavy atom. The summed E-state index contributed by atoms with van der Waals surface area (Å²) in [6.07, 6.45) is 1.05. The number of hydrogen-bond donors (Lipinski definition) is 2. The summed E-state index contributed by atoms with van der Waals surface area (Å²) in [5.74, 6) is -1.28. The van der Waals surface area contributed by atoms with Crippen LogP contribution in [0.2, 0.25) is 5.02 Å². The summed E-state index contributed by atoms with van der Waals surface area (Å²) in [6, 6.07) is 7.22.